The van der Waals surface area contributed by atoms with Gasteiger partial charge >= 0.3 is 0 Å². The van der Waals surface area contributed by atoms with E-state index in [1.54, 1.807) is 0 Å². The Morgan fingerprint density at radius 3 is 2.95 bits per heavy atom. The molecule has 0 atom stereocenters. The van der Waals surface area contributed by atoms with E-state index in [0.29, 0.717) is 11.6 Å². The first-order valence-corrected chi connectivity index (χ1v) is 5.66. The monoisotopic (exact) mass is 281 g/mol. The average Bonchev–Trinajstić information content (AvgIpc) is 2.41. The van der Waals surface area contributed by atoms with Crippen molar-refractivity contribution in [3.63, 3.8) is 0 Å². The molecule has 0 aliphatic heterocycles. The van der Waals surface area contributed by atoms with Crippen LogP contribution in [0.2, 0.25) is 5.02 Å². The van der Waals surface area contributed by atoms with Crippen LogP contribution in [-0.4, -0.2) is 22.5 Å². The molecule has 1 aromatic heterocycles. The molecule has 0 spiro atoms. The predicted molar refractivity (Wildman–Crippen MR) is 67.6 cm³/mol. The molecule has 0 bridgehead atoms. The van der Waals surface area contributed by atoms with Gasteiger partial charge in [-0.15, -0.1) is 0 Å². The number of halogens is 2. The molecular formula is C12H9ClFN3O2. The number of rotatable bonds is 4. The van der Waals surface area contributed by atoms with Gasteiger partial charge < -0.3 is 10.1 Å². The second-order valence-corrected chi connectivity index (χ2v) is 3.91. The summed E-state index contributed by atoms with van der Waals surface area (Å²) in [4.78, 5) is 19.2. The molecule has 0 unspecified atom stereocenters. The fraction of sp³-hybridized carbons (Fsp3) is 0.0833. The van der Waals surface area contributed by atoms with Crippen molar-refractivity contribution in [3.05, 3.63) is 47.6 Å². The summed E-state index contributed by atoms with van der Waals surface area (Å²) in [6.45, 7) is -0.238. The maximum absolute atomic E-state index is 12.9. The van der Waals surface area contributed by atoms with Crippen molar-refractivity contribution in [3.8, 4) is 5.75 Å². The van der Waals surface area contributed by atoms with Crippen LogP contribution in [0, 0.1) is 5.82 Å². The van der Waals surface area contributed by atoms with Gasteiger partial charge in [0.15, 0.2) is 12.4 Å². The fourth-order valence-corrected chi connectivity index (χ4v) is 1.43. The third kappa shape index (κ3) is 3.89. The highest BCUT2D eigenvalue weighted by Crippen LogP contribution is 2.20. The molecule has 19 heavy (non-hydrogen) atoms. The van der Waals surface area contributed by atoms with Gasteiger partial charge in [0.2, 0.25) is 0 Å². The SMILES string of the molecule is O=C(COc1ccc(F)c(Cl)c1)Nc1cnccn1. The topological polar surface area (TPSA) is 64.1 Å². The van der Waals surface area contributed by atoms with Crippen LogP contribution >= 0.6 is 11.6 Å². The first-order valence-electron chi connectivity index (χ1n) is 5.29. The van der Waals surface area contributed by atoms with Crippen LogP contribution in [0.4, 0.5) is 10.2 Å². The average molecular weight is 282 g/mol. The smallest absolute Gasteiger partial charge is 0.263 e. The van der Waals surface area contributed by atoms with Crippen LogP contribution in [0.1, 0.15) is 0 Å². The first-order chi connectivity index (χ1) is 9.15. The molecular weight excluding hydrogens is 273 g/mol. The van der Waals surface area contributed by atoms with Crippen molar-refractivity contribution in [2.24, 2.45) is 0 Å². The van der Waals surface area contributed by atoms with Gasteiger partial charge in [0.25, 0.3) is 5.91 Å². The normalized spacial score (nSPS) is 10.0. The number of nitrogens with one attached hydrogen (secondary N) is 1. The zero-order valence-corrected chi connectivity index (χ0v) is 10.4. The van der Waals surface area contributed by atoms with Gasteiger partial charge in [-0.3, -0.25) is 9.78 Å². The molecule has 0 aliphatic carbocycles. The summed E-state index contributed by atoms with van der Waals surface area (Å²) in [6.07, 6.45) is 4.36. The van der Waals surface area contributed by atoms with E-state index in [9.17, 15) is 9.18 Å². The van der Waals surface area contributed by atoms with Gasteiger partial charge in [0, 0.05) is 18.5 Å². The van der Waals surface area contributed by atoms with Crippen molar-refractivity contribution in [2.75, 3.05) is 11.9 Å². The minimum absolute atomic E-state index is 0.0631. The maximum Gasteiger partial charge on any atom is 0.263 e. The summed E-state index contributed by atoms with van der Waals surface area (Å²) in [7, 11) is 0. The van der Waals surface area contributed by atoms with Crippen LogP contribution in [0.25, 0.3) is 0 Å². The molecule has 1 aromatic carbocycles. The second kappa shape index (κ2) is 6.10. The van der Waals surface area contributed by atoms with Crippen molar-refractivity contribution < 1.29 is 13.9 Å². The molecule has 0 saturated carbocycles. The molecule has 5 nitrogen and oxygen atoms in total. The molecule has 98 valence electrons. The zero-order valence-electron chi connectivity index (χ0n) is 9.64. The molecule has 1 N–H and O–H groups in total. The second-order valence-electron chi connectivity index (χ2n) is 3.50. The Balaban J connectivity index is 1.88. The minimum atomic E-state index is -0.543. The lowest BCUT2D eigenvalue weighted by atomic mass is 10.3. The van der Waals surface area contributed by atoms with E-state index in [1.165, 1.54) is 30.7 Å². The third-order valence-corrected chi connectivity index (χ3v) is 2.38. The Morgan fingerprint density at radius 1 is 1.42 bits per heavy atom. The van der Waals surface area contributed by atoms with E-state index in [2.05, 4.69) is 15.3 Å². The van der Waals surface area contributed by atoms with Gasteiger partial charge in [-0.1, -0.05) is 11.6 Å². The number of anilines is 1. The first kappa shape index (κ1) is 13.2. The van der Waals surface area contributed by atoms with Crippen molar-refractivity contribution in [1.29, 1.82) is 0 Å². The quantitative estimate of drug-likeness (QED) is 0.934. The van der Waals surface area contributed by atoms with E-state index in [0.717, 1.165) is 6.07 Å². The number of ether oxygens (including phenoxy) is 1. The van der Waals surface area contributed by atoms with E-state index in [1.807, 2.05) is 0 Å². The molecule has 0 aliphatic rings. The van der Waals surface area contributed by atoms with Gasteiger partial charge in [-0.2, -0.15) is 0 Å². The lowest BCUT2D eigenvalue weighted by Gasteiger charge is -2.07. The molecule has 0 fully saturated rings. The minimum Gasteiger partial charge on any atom is -0.484 e. The summed E-state index contributed by atoms with van der Waals surface area (Å²) in [5.74, 6) is -0.312. The zero-order chi connectivity index (χ0) is 13.7. The highest BCUT2D eigenvalue weighted by atomic mass is 35.5. The molecule has 1 amide bonds. The Labute approximate surface area is 113 Å². The number of aromatic nitrogens is 2. The van der Waals surface area contributed by atoms with Gasteiger partial charge in [0.1, 0.15) is 11.6 Å². The van der Waals surface area contributed by atoms with Gasteiger partial charge in [0.05, 0.1) is 11.2 Å². The fourth-order valence-electron chi connectivity index (χ4n) is 1.26. The lowest BCUT2D eigenvalue weighted by Crippen LogP contribution is -2.20. The summed E-state index contributed by atoms with van der Waals surface area (Å²) in [5, 5.41) is 2.43. The Morgan fingerprint density at radius 2 is 2.26 bits per heavy atom. The van der Waals surface area contributed by atoms with E-state index in [4.69, 9.17) is 16.3 Å². The highest BCUT2D eigenvalue weighted by molar-refractivity contribution is 6.30. The third-order valence-electron chi connectivity index (χ3n) is 2.09. The predicted octanol–water partition coefficient (Wildman–Crippen LogP) is 2.29. The number of carbonyl (C=O) groups excluding carboxylic acids is 1. The number of amides is 1. The van der Waals surface area contributed by atoms with Crippen LogP contribution in [0.3, 0.4) is 0 Å². The van der Waals surface area contributed by atoms with E-state index in [-0.39, 0.29) is 11.6 Å². The van der Waals surface area contributed by atoms with Crippen LogP contribution in [0.5, 0.6) is 5.75 Å². The molecule has 2 aromatic rings. The summed E-state index contributed by atoms with van der Waals surface area (Å²) in [6, 6.07) is 3.85. The van der Waals surface area contributed by atoms with Crippen molar-refractivity contribution >= 4 is 23.3 Å². The maximum atomic E-state index is 12.9. The standard InChI is InChI=1S/C12H9ClFN3O2/c13-9-5-8(1-2-10(9)14)19-7-12(18)17-11-6-15-3-4-16-11/h1-6H,7H2,(H,16,17,18). The summed E-state index contributed by atoms with van der Waals surface area (Å²) < 4.78 is 18.1. The lowest BCUT2D eigenvalue weighted by molar-refractivity contribution is -0.118. The number of hydrogen-bond acceptors (Lipinski definition) is 4. The van der Waals surface area contributed by atoms with E-state index >= 15 is 0 Å². The number of hydrogen-bond donors (Lipinski definition) is 1. The molecule has 2 rings (SSSR count). The summed E-state index contributed by atoms with van der Waals surface area (Å²) in [5.41, 5.74) is 0. The highest BCUT2D eigenvalue weighted by Gasteiger charge is 2.06. The van der Waals surface area contributed by atoms with Crippen molar-refractivity contribution in [1.82, 2.24) is 9.97 Å². The number of carbonyl (C=O) groups is 1. The van der Waals surface area contributed by atoms with Crippen LogP contribution in [-0.2, 0) is 4.79 Å². The largest absolute Gasteiger partial charge is 0.484 e. The molecule has 0 saturated heterocycles. The number of nitrogens with zero attached hydrogens (tertiary/aromatic N) is 2. The Hall–Kier alpha value is -2.21. The summed E-state index contributed by atoms with van der Waals surface area (Å²) >= 11 is 5.59. The Kier molecular flexibility index (Phi) is 4.25. The van der Waals surface area contributed by atoms with Gasteiger partial charge in [-0.25, -0.2) is 9.37 Å². The van der Waals surface area contributed by atoms with Crippen molar-refractivity contribution in [2.45, 2.75) is 0 Å². The van der Waals surface area contributed by atoms with Gasteiger partial charge in [-0.05, 0) is 12.1 Å². The molecule has 0 radical (unpaired) electrons. The number of benzene rings is 1. The van der Waals surface area contributed by atoms with Crippen LogP contribution in [0.15, 0.2) is 36.8 Å². The van der Waals surface area contributed by atoms with Crippen LogP contribution < -0.4 is 10.1 Å². The molecule has 7 heteroatoms. The molecule has 1 heterocycles. The van der Waals surface area contributed by atoms with E-state index < -0.39 is 11.7 Å². The Bertz CT molecular complexity index is 580.